The summed E-state index contributed by atoms with van der Waals surface area (Å²) in [6.07, 6.45) is 0.268. The molecule has 108 valence electrons. The molecule has 1 aromatic carbocycles. The van der Waals surface area contributed by atoms with Crippen molar-refractivity contribution in [3.63, 3.8) is 0 Å². The molecule has 5 nitrogen and oxygen atoms in total. The quantitative estimate of drug-likeness (QED) is 0.825. The van der Waals surface area contributed by atoms with Crippen molar-refractivity contribution in [3.8, 4) is 5.75 Å². The molecule has 0 aromatic heterocycles. The van der Waals surface area contributed by atoms with Gasteiger partial charge in [0.25, 0.3) is 10.0 Å². The van der Waals surface area contributed by atoms with E-state index in [9.17, 15) is 17.2 Å². The first-order valence-electron chi connectivity index (χ1n) is 5.58. The van der Waals surface area contributed by atoms with Gasteiger partial charge in [0.1, 0.15) is 5.75 Å². The maximum Gasteiger partial charge on any atom is 0.355 e. The standard InChI is InChI=1S/C11H16F2N2O3S/c1-18-10-6-3-2-5-9(10)15(8-4-7-14)19(16,17)11(12)13/h2-3,5-6,11H,4,7-8,14H2,1H3. The number of nitrogens with two attached hydrogens (primary N) is 1. The minimum atomic E-state index is -4.73. The Hall–Kier alpha value is -1.41. The van der Waals surface area contributed by atoms with Crippen LogP contribution in [0.15, 0.2) is 24.3 Å². The van der Waals surface area contributed by atoms with Gasteiger partial charge in [-0.2, -0.15) is 8.78 Å². The molecular formula is C11H16F2N2O3S. The Labute approximate surface area is 111 Å². The van der Waals surface area contributed by atoms with Crippen LogP contribution in [-0.2, 0) is 10.0 Å². The van der Waals surface area contributed by atoms with Crippen LogP contribution in [0.25, 0.3) is 0 Å². The Bertz CT molecular complexity index is 508. The predicted molar refractivity (Wildman–Crippen MR) is 68.9 cm³/mol. The molecule has 0 unspecified atom stereocenters. The number of hydrogen-bond acceptors (Lipinski definition) is 4. The van der Waals surface area contributed by atoms with Gasteiger partial charge in [-0.3, -0.25) is 4.31 Å². The lowest BCUT2D eigenvalue weighted by Gasteiger charge is -2.25. The summed E-state index contributed by atoms with van der Waals surface area (Å²) in [5.41, 5.74) is 5.39. The van der Waals surface area contributed by atoms with Crippen molar-refractivity contribution < 1.29 is 21.9 Å². The third kappa shape index (κ3) is 3.54. The van der Waals surface area contributed by atoms with E-state index < -0.39 is 15.8 Å². The number of halogens is 2. The normalized spacial score (nSPS) is 11.6. The smallest absolute Gasteiger partial charge is 0.355 e. The van der Waals surface area contributed by atoms with Crippen molar-refractivity contribution in [2.24, 2.45) is 5.73 Å². The Morgan fingerprint density at radius 2 is 2.00 bits per heavy atom. The fourth-order valence-electron chi connectivity index (χ4n) is 1.55. The minimum Gasteiger partial charge on any atom is -0.495 e. The monoisotopic (exact) mass is 294 g/mol. The average molecular weight is 294 g/mol. The number of methoxy groups -OCH3 is 1. The van der Waals surface area contributed by atoms with Crippen molar-refractivity contribution in [3.05, 3.63) is 24.3 Å². The van der Waals surface area contributed by atoms with E-state index in [0.29, 0.717) is 4.31 Å². The number of ether oxygens (including phenoxy) is 1. The van der Waals surface area contributed by atoms with Gasteiger partial charge in [-0.1, -0.05) is 12.1 Å². The summed E-state index contributed by atoms with van der Waals surface area (Å²) in [4.78, 5) is 0. The molecule has 0 radical (unpaired) electrons. The predicted octanol–water partition coefficient (Wildman–Crippen LogP) is 1.40. The van der Waals surface area contributed by atoms with Gasteiger partial charge in [-0.15, -0.1) is 0 Å². The van der Waals surface area contributed by atoms with Gasteiger partial charge in [0.15, 0.2) is 0 Å². The molecule has 0 saturated heterocycles. The highest BCUT2D eigenvalue weighted by atomic mass is 32.2. The van der Waals surface area contributed by atoms with E-state index in [2.05, 4.69) is 0 Å². The van der Waals surface area contributed by atoms with Gasteiger partial charge in [-0.25, -0.2) is 8.42 Å². The Kier molecular flexibility index (Phi) is 5.49. The van der Waals surface area contributed by atoms with Crippen LogP contribution >= 0.6 is 0 Å². The zero-order valence-corrected chi connectivity index (χ0v) is 11.2. The van der Waals surface area contributed by atoms with Crippen LogP contribution in [0.1, 0.15) is 6.42 Å². The zero-order chi connectivity index (χ0) is 14.5. The largest absolute Gasteiger partial charge is 0.495 e. The summed E-state index contributed by atoms with van der Waals surface area (Å²) < 4.78 is 54.4. The van der Waals surface area contributed by atoms with Gasteiger partial charge in [0.05, 0.1) is 12.8 Å². The van der Waals surface area contributed by atoms with Crippen LogP contribution in [0.5, 0.6) is 5.75 Å². The molecule has 0 heterocycles. The van der Waals surface area contributed by atoms with Crippen LogP contribution in [0.3, 0.4) is 0 Å². The van der Waals surface area contributed by atoms with E-state index in [0.717, 1.165) is 0 Å². The number of para-hydroxylation sites is 2. The van der Waals surface area contributed by atoms with Crippen LogP contribution in [0.4, 0.5) is 14.5 Å². The summed E-state index contributed by atoms with van der Waals surface area (Å²) in [6.45, 7) is 0.0773. The molecule has 8 heteroatoms. The highest BCUT2D eigenvalue weighted by molar-refractivity contribution is 7.93. The van der Waals surface area contributed by atoms with Gasteiger partial charge in [0.2, 0.25) is 0 Å². The molecule has 0 saturated carbocycles. The number of rotatable bonds is 7. The molecule has 0 amide bonds. The second-order valence-corrected chi connectivity index (χ2v) is 5.52. The van der Waals surface area contributed by atoms with Gasteiger partial charge in [-0.05, 0) is 25.1 Å². The summed E-state index contributed by atoms with van der Waals surface area (Å²) in [5.74, 6) is -3.28. The minimum absolute atomic E-state index is 0.0822. The van der Waals surface area contributed by atoms with Crippen LogP contribution in [0.2, 0.25) is 0 Å². The highest BCUT2D eigenvalue weighted by Gasteiger charge is 2.33. The number of hydrogen-bond donors (Lipinski definition) is 1. The van der Waals surface area contributed by atoms with Gasteiger partial charge in [0, 0.05) is 6.54 Å². The van der Waals surface area contributed by atoms with Crippen LogP contribution in [-0.4, -0.2) is 34.4 Å². The summed E-state index contributed by atoms with van der Waals surface area (Å²) >= 11 is 0. The highest BCUT2D eigenvalue weighted by Crippen LogP contribution is 2.31. The van der Waals surface area contributed by atoms with Gasteiger partial charge < -0.3 is 10.5 Å². The van der Waals surface area contributed by atoms with E-state index in [4.69, 9.17) is 10.5 Å². The molecule has 0 spiro atoms. The first-order valence-corrected chi connectivity index (χ1v) is 7.08. The summed E-state index contributed by atoms with van der Waals surface area (Å²) in [6, 6.07) is 6.09. The fraction of sp³-hybridized carbons (Fsp3) is 0.455. The third-order valence-electron chi connectivity index (χ3n) is 2.45. The molecule has 0 aliphatic rings. The lowest BCUT2D eigenvalue weighted by atomic mass is 10.3. The fourth-order valence-corrected chi connectivity index (χ4v) is 2.55. The molecular weight excluding hydrogens is 278 g/mol. The van der Waals surface area contributed by atoms with Crippen molar-refractivity contribution in [2.45, 2.75) is 12.2 Å². The molecule has 0 aliphatic carbocycles. The maximum atomic E-state index is 12.7. The number of sulfonamides is 1. The summed E-state index contributed by atoms with van der Waals surface area (Å²) in [7, 11) is -3.39. The second-order valence-electron chi connectivity index (χ2n) is 3.69. The first-order chi connectivity index (χ1) is 8.95. The maximum absolute atomic E-state index is 12.7. The van der Waals surface area contributed by atoms with E-state index >= 15 is 0 Å². The van der Waals surface area contributed by atoms with E-state index in [-0.39, 0.29) is 30.9 Å². The number of nitrogens with zero attached hydrogens (tertiary/aromatic N) is 1. The molecule has 0 fully saturated rings. The van der Waals surface area contributed by atoms with Crippen molar-refractivity contribution in [1.29, 1.82) is 0 Å². The molecule has 1 aromatic rings. The third-order valence-corrected chi connectivity index (χ3v) is 3.90. The molecule has 0 aliphatic heterocycles. The van der Waals surface area contributed by atoms with Crippen LogP contribution in [0, 0.1) is 0 Å². The molecule has 19 heavy (non-hydrogen) atoms. The number of anilines is 1. The molecule has 0 bridgehead atoms. The van der Waals surface area contributed by atoms with Crippen LogP contribution < -0.4 is 14.8 Å². The zero-order valence-electron chi connectivity index (χ0n) is 10.4. The second kappa shape index (κ2) is 6.67. The Morgan fingerprint density at radius 3 is 2.53 bits per heavy atom. The molecule has 0 atom stereocenters. The summed E-state index contributed by atoms with van der Waals surface area (Å²) in [5, 5.41) is 0. The number of benzene rings is 1. The number of alkyl halides is 2. The van der Waals surface area contributed by atoms with E-state index in [1.165, 1.54) is 19.2 Å². The average Bonchev–Trinajstić information content (AvgIpc) is 2.39. The van der Waals surface area contributed by atoms with Gasteiger partial charge >= 0.3 is 5.76 Å². The molecule has 1 rings (SSSR count). The van der Waals surface area contributed by atoms with Crippen molar-refractivity contribution in [1.82, 2.24) is 0 Å². The Morgan fingerprint density at radius 1 is 1.37 bits per heavy atom. The SMILES string of the molecule is COc1ccccc1N(CCCN)S(=O)(=O)C(F)F. The van der Waals surface area contributed by atoms with Crippen molar-refractivity contribution >= 4 is 15.7 Å². The van der Waals surface area contributed by atoms with E-state index in [1.807, 2.05) is 0 Å². The topological polar surface area (TPSA) is 72.6 Å². The molecule has 2 N–H and O–H groups in total. The Balaban J connectivity index is 3.24. The lowest BCUT2D eigenvalue weighted by Crippen LogP contribution is -2.37. The van der Waals surface area contributed by atoms with E-state index in [1.54, 1.807) is 12.1 Å². The van der Waals surface area contributed by atoms with Crippen molar-refractivity contribution in [2.75, 3.05) is 24.5 Å². The first kappa shape index (κ1) is 15.6. The lowest BCUT2D eigenvalue weighted by molar-refractivity contribution is 0.234.